The second kappa shape index (κ2) is 9.25. The minimum atomic E-state index is -0.976. The standard InChI is InChI=1S/C21H23FO4/c1-4-13-26-20(21(24)25-3)18-14(5-2)7-6-8-17(18)19(23)15-9-11-16(22)12-10-15/h6-12,20H,4-5,13H2,1-3H3. The van der Waals surface area contributed by atoms with E-state index < -0.39 is 17.9 Å². The van der Waals surface area contributed by atoms with Gasteiger partial charge >= 0.3 is 5.97 Å². The maximum absolute atomic E-state index is 13.2. The molecule has 0 fully saturated rings. The predicted octanol–water partition coefficient (Wildman–Crippen LogP) is 4.26. The molecular formula is C21H23FO4. The van der Waals surface area contributed by atoms with E-state index in [0.29, 0.717) is 29.7 Å². The number of halogens is 1. The Morgan fingerprint density at radius 3 is 2.35 bits per heavy atom. The molecule has 2 rings (SSSR count). The molecule has 0 N–H and O–H groups in total. The molecule has 4 nitrogen and oxygen atoms in total. The summed E-state index contributed by atoms with van der Waals surface area (Å²) in [5.41, 5.74) is 2.07. The van der Waals surface area contributed by atoms with E-state index in [4.69, 9.17) is 9.47 Å². The van der Waals surface area contributed by atoms with E-state index in [1.807, 2.05) is 19.9 Å². The molecule has 1 unspecified atom stereocenters. The summed E-state index contributed by atoms with van der Waals surface area (Å²) in [6.45, 7) is 4.24. The molecule has 1 atom stereocenters. The third-order valence-corrected chi connectivity index (χ3v) is 4.09. The molecule has 5 heteroatoms. The highest BCUT2D eigenvalue weighted by Crippen LogP contribution is 2.29. The number of ketones is 1. The summed E-state index contributed by atoms with van der Waals surface area (Å²) in [6.07, 6.45) is 0.377. The quantitative estimate of drug-likeness (QED) is 0.523. The molecular weight excluding hydrogens is 335 g/mol. The highest BCUT2D eigenvalue weighted by Gasteiger charge is 2.29. The zero-order valence-corrected chi connectivity index (χ0v) is 15.3. The second-order valence-electron chi connectivity index (χ2n) is 5.84. The summed E-state index contributed by atoms with van der Waals surface area (Å²) in [5.74, 6) is -1.25. The smallest absolute Gasteiger partial charge is 0.339 e. The summed E-state index contributed by atoms with van der Waals surface area (Å²) in [6, 6.07) is 10.6. The molecule has 0 spiro atoms. The lowest BCUT2D eigenvalue weighted by Crippen LogP contribution is -2.22. The van der Waals surface area contributed by atoms with Crippen LogP contribution >= 0.6 is 0 Å². The van der Waals surface area contributed by atoms with Gasteiger partial charge in [0.15, 0.2) is 11.9 Å². The van der Waals surface area contributed by atoms with E-state index >= 15 is 0 Å². The largest absolute Gasteiger partial charge is 0.467 e. The molecule has 0 saturated heterocycles. The van der Waals surface area contributed by atoms with Crippen LogP contribution in [0.15, 0.2) is 42.5 Å². The number of ether oxygens (including phenoxy) is 2. The van der Waals surface area contributed by atoms with E-state index in [2.05, 4.69) is 0 Å². The lowest BCUT2D eigenvalue weighted by atomic mass is 9.90. The van der Waals surface area contributed by atoms with Crippen LogP contribution in [0, 0.1) is 5.82 Å². The molecule has 138 valence electrons. The van der Waals surface area contributed by atoms with Crippen molar-refractivity contribution in [3.05, 3.63) is 70.5 Å². The van der Waals surface area contributed by atoms with Crippen LogP contribution in [0.25, 0.3) is 0 Å². The van der Waals surface area contributed by atoms with Gasteiger partial charge in [0.1, 0.15) is 5.82 Å². The molecule has 26 heavy (non-hydrogen) atoms. The number of methoxy groups -OCH3 is 1. The number of aryl methyl sites for hydroxylation is 1. The van der Waals surface area contributed by atoms with Crippen molar-refractivity contribution in [2.45, 2.75) is 32.8 Å². The van der Waals surface area contributed by atoms with Crippen LogP contribution in [-0.2, 0) is 20.7 Å². The van der Waals surface area contributed by atoms with E-state index in [9.17, 15) is 14.0 Å². The van der Waals surface area contributed by atoms with Crippen molar-refractivity contribution in [2.24, 2.45) is 0 Å². The van der Waals surface area contributed by atoms with Crippen LogP contribution in [0.5, 0.6) is 0 Å². The Hall–Kier alpha value is -2.53. The summed E-state index contributed by atoms with van der Waals surface area (Å²) < 4.78 is 23.8. The summed E-state index contributed by atoms with van der Waals surface area (Å²) >= 11 is 0. The summed E-state index contributed by atoms with van der Waals surface area (Å²) in [7, 11) is 1.29. The van der Waals surface area contributed by atoms with E-state index in [-0.39, 0.29) is 5.78 Å². The third-order valence-electron chi connectivity index (χ3n) is 4.09. The van der Waals surface area contributed by atoms with Gasteiger partial charge in [-0.2, -0.15) is 0 Å². The third kappa shape index (κ3) is 4.35. The average molecular weight is 358 g/mol. The lowest BCUT2D eigenvalue weighted by Gasteiger charge is -2.21. The van der Waals surface area contributed by atoms with Crippen molar-refractivity contribution < 1.29 is 23.5 Å². The van der Waals surface area contributed by atoms with Gasteiger partial charge in [-0.15, -0.1) is 0 Å². The Kier molecular flexibility index (Phi) is 7.04. The monoisotopic (exact) mass is 358 g/mol. The number of carbonyl (C=O) groups excluding carboxylic acids is 2. The molecule has 2 aromatic rings. The normalized spacial score (nSPS) is 11.8. The fourth-order valence-corrected chi connectivity index (χ4v) is 2.80. The van der Waals surface area contributed by atoms with Gasteiger partial charge in [0, 0.05) is 23.3 Å². The topological polar surface area (TPSA) is 52.6 Å². The molecule has 0 saturated carbocycles. The maximum atomic E-state index is 13.2. The van der Waals surface area contributed by atoms with Crippen molar-refractivity contribution >= 4 is 11.8 Å². The zero-order chi connectivity index (χ0) is 19.1. The first kappa shape index (κ1) is 19.8. The Labute approximate surface area is 152 Å². The van der Waals surface area contributed by atoms with Crippen molar-refractivity contribution in [3.8, 4) is 0 Å². The SMILES string of the molecule is CCCOC(C(=O)OC)c1c(CC)cccc1C(=O)c1ccc(F)cc1. The average Bonchev–Trinajstić information content (AvgIpc) is 2.67. The number of hydrogen-bond donors (Lipinski definition) is 0. The lowest BCUT2D eigenvalue weighted by molar-refractivity contribution is -0.154. The Morgan fingerprint density at radius 1 is 1.08 bits per heavy atom. The van der Waals surface area contributed by atoms with Gasteiger partial charge in [-0.25, -0.2) is 9.18 Å². The zero-order valence-electron chi connectivity index (χ0n) is 15.3. The van der Waals surface area contributed by atoms with Crippen molar-refractivity contribution in [1.29, 1.82) is 0 Å². The second-order valence-corrected chi connectivity index (χ2v) is 5.84. The fraction of sp³-hybridized carbons (Fsp3) is 0.333. The first-order valence-electron chi connectivity index (χ1n) is 8.64. The van der Waals surface area contributed by atoms with Gasteiger partial charge in [0.25, 0.3) is 0 Å². The molecule has 0 bridgehead atoms. The molecule has 0 aliphatic rings. The first-order chi connectivity index (χ1) is 12.5. The maximum Gasteiger partial charge on any atom is 0.339 e. The fourth-order valence-electron chi connectivity index (χ4n) is 2.80. The minimum Gasteiger partial charge on any atom is -0.467 e. The van der Waals surface area contributed by atoms with Gasteiger partial charge < -0.3 is 9.47 Å². The van der Waals surface area contributed by atoms with Crippen LogP contribution in [0.4, 0.5) is 4.39 Å². The molecule has 0 aromatic heterocycles. The van der Waals surface area contributed by atoms with Gasteiger partial charge in [0.2, 0.25) is 0 Å². The molecule has 0 heterocycles. The Bertz CT molecular complexity index is 768. The molecule has 0 radical (unpaired) electrons. The van der Waals surface area contributed by atoms with Crippen molar-refractivity contribution in [3.63, 3.8) is 0 Å². The molecule has 0 amide bonds. The van der Waals surface area contributed by atoms with Crippen molar-refractivity contribution in [1.82, 2.24) is 0 Å². The van der Waals surface area contributed by atoms with Crippen molar-refractivity contribution in [2.75, 3.05) is 13.7 Å². The van der Waals surface area contributed by atoms with Crippen LogP contribution in [0.2, 0.25) is 0 Å². The highest BCUT2D eigenvalue weighted by atomic mass is 19.1. The number of hydrogen-bond acceptors (Lipinski definition) is 4. The molecule has 2 aromatic carbocycles. The predicted molar refractivity (Wildman–Crippen MR) is 96.7 cm³/mol. The van der Waals surface area contributed by atoms with Gasteiger partial charge in [0.05, 0.1) is 7.11 Å². The number of rotatable bonds is 8. The number of carbonyl (C=O) groups is 2. The van der Waals surface area contributed by atoms with E-state index in [1.165, 1.54) is 31.4 Å². The Morgan fingerprint density at radius 2 is 1.77 bits per heavy atom. The van der Waals surface area contributed by atoms with E-state index in [1.54, 1.807) is 12.1 Å². The van der Waals surface area contributed by atoms with Crippen LogP contribution in [-0.4, -0.2) is 25.5 Å². The molecule has 0 aliphatic carbocycles. The summed E-state index contributed by atoms with van der Waals surface area (Å²) in [4.78, 5) is 25.3. The van der Waals surface area contributed by atoms with Gasteiger partial charge in [-0.3, -0.25) is 4.79 Å². The highest BCUT2D eigenvalue weighted by molar-refractivity contribution is 6.10. The van der Waals surface area contributed by atoms with Gasteiger partial charge in [-0.05, 0) is 42.7 Å². The number of esters is 1. The minimum absolute atomic E-state index is 0.288. The summed E-state index contributed by atoms with van der Waals surface area (Å²) in [5, 5.41) is 0. The van der Waals surface area contributed by atoms with Crippen LogP contribution in [0.3, 0.4) is 0 Å². The van der Waals surface area contributed by atoms with Crippen LogP contribution < -0.4 is 0 Å². The van der Waals surface area contributed by atoms with Gasteiger partial charge in [-0.1, -0.05) is 32.0 Å². The first-order valence-corrected chi connectivity index (χ1v) is 8.64. The Balaban J connectivity index is 2.57. The molecule has 0 aliphatic heterocycles. The number of benzene rings is 2. The van der Waals surface area contributed by atoms with E-state index in [0.717, 1.165) is 12.0 Å². The van der Waals surface area contributed by atoms with Crippen LogP contribution in [0.1, 0.15) is 53.4 Å².